The molecule has 1 aliphatic rings. The largest absolute Gasteiger partial charge is 0.463 e. The lowest BCUT2D eigenvalue weighted by atomic mass is 9.82. The first-order chi connectivity index (χ1) is 16.5. The van der Waals surface area contributed by atoms with Crippen LogP contribution in [0.4, 0.5) is 22.0 Å². The summed E-state index contributed by atoms with van der Waals surface area (Å²) in [6, 6.07) is 0.955. The number of ether oxygens (including phenoxy) is 2. The molecule has 12 heteroatoms. The average Bonchev–Trinajstić information content (AvgIpc) is 2.80. The number of hydrogen-bond donors (Lipinski definition) is 1. The number of benzene rings is 1. The van der Waals surface area contributed by atoms with Crippen LogP contribution in [0.5, 0.6) is 5.88 Å². The van der Waals surface area contributed by atoms with Crippen molar-refractivity contribution in [3.63, 3.8) is 0 Å². The lowest BCUT2D eigenvalue weighted by Gasteiger charge is -2.38. The molecule has 2 N–H and O–H groups in total. The van der Waals surface area contributed by atoms with E-state index in [0.29, 0.717) is 6.92 Å². The summed E-state index contributed by atoms with van der Waals surface area (Å²) in [6.45, 7) is 0.776. The fourth-order valence-electron chi connectivity index (χ4n) is 3.47. The summed E-state index contributed by atoms with van der Waals surface area (Å²) in [4.78, 5) is 24.2. The van der Waals surface area contributed by atoms with Gasteiger partial charge in [0.15, 0.2) is 30.1 Å². The Morgan fingerprint density at radius 2 is 2.06 bits per heavy atom. The van der Waals surface area contributed by atoms with Crippen molar-refractivity contribution < 1.29 is 36.2 Å². The fourth-order valence-corrected chi connectivity index (χ4v) is 3.47. The molecule has 0 spiro atoms. The van der Waals surface area contributed by atoms with Crippen LogP contribution < -0.4 is 10.5 Å². The zero-order valence-corrected chi connectivity index (χ0v) is 18.7. The number of halogens is 5. The minimum absolute atomic E-state index is 0.0582. The van der Waals surface area contributed by atoms with Gasteiger partial charge in [-0.15, -0.1) is 5.92 Å². The third-order valence-electron chi connectivity index (χ3n) is 5.23. The Morgan fingerprint density at radius 3 is 2.66 bits per heavy atom. The molecule has 1 aromatic heterocycles. The van der Waals surface area contributed by atoms with Crippen LogP contribution in [0, 0.1) is 23.5 Å². The van der Waals surface area contributed by atoms with Crippen molar-refractivity contribution in [2.75, 3.05) is 13.3 Å². The number of alkyl halides is 3. The van der Waals surface area contributed by atoms with E-state index in [9.17, 15) is 26.7 Å². The number of aliphatic imine (C=N–C) groups is 1. The van der Waals surface area contributed by atoms with Crippen molar-refractivity contribution in [2.24, 2.45) is 10.7 Å². The number of nitrogens with zero attached hydrogens (tertiary/aromatic N) is 3. The number of rotatable bonds is 8. The Balaban J connectivity index is 1.90. The fraction of sp³-hybridized carbons (Fsp3) is 0.391. The average molecular weight is 496 g/mol. The van der Waals surface area contributed by atoms with E-state index in [4.69, 9.17) is 15.2 Å². The van der Waals surface area contributed by atoms with Crippen molar-refractivity contribution in [1.29, 1.82) is 0 Å². The predicted octanol–water partition coefficient (Wildman–Crippen LogP) is 3.51. The number of Topliss-reactive ketones (excluding diaryl/α,β-unsaturated/α-hetero) is 1. The van der Waals surface area contributed by atoms with E-state index in [-0.39, 0.29) is 23.7 Å². The molecule has 2 aromatic rings. The zero-order chi connectivity index (χ0) is 25.8. The van der Waals surface area contributed by atoms with Crippen LogP contribution in [0.3, 0.4) is 0 Å². The maximum atomic E-state index is 14.8. The number of amidine groups is 1. The quantitative estimate of drug-likeness (QED) is 0.341. The van der Waals surface area contributed by atoms with Crippen LogP contribution in [0.15, 0.2) is 29.5 Å². The van der Waals surface area contributed by atoms with Crippen molar-refractivity contribution in [2.45, 2.75) is 44.3 Å². The van der Waals surface area contributed by atoms with Crippen LogP contribution in [-0.4, -0.2) is 47.1 Å². The summed E-state index contributed by atoms with van der Waals surface area (Å²) in [5, 5.41) is 0. The number of nitrogens with two attached hydrogens (primary N) is 1. The van der Waals surface area contributed by atoms with Gasteiger partial charge in [0.2, 0.25) is 5.88 Å². The second-order valence-electron chi connectivity index (χ2n) is 7.88. The molecule has 0 fully saturated rings. The van der Waals surface area contributed by atoms with Gasteiger partial charge in [0.1, 0.15) is 17.9 Å². The molecule has 186 valence electrons. The Labute approximate surface area is 197 Å². The Hall–Kier alpha value is -3.75. The minimum atomic E-state index is -3.47. The van der Waals surface area contributed by atoms with Crippen molar-refractivity contribution in [1.82, 2.24) is 9.97 Å². The number of ketones is 1. The molecule has 2 heterocycles. The zero-order valence-electron chi connectivity index (χ0n) is 18.7. The van der Waals surface area contributed by atoms with Crippen molar-refractivity contribution in [3.05, 3.63) is 53.0 Å². The Bertz CT molecular complexity index is 1190. The van der Waals surface area contributed by atoms with Crippen LogP contribution in [0.25, 0.3) is 0 Å². The highest BCUT2D eigenvalue weighted by Crippen LogP contribution is 2.41. The second-order valence-corrected chi connectivity index (χ2v) is 7.88. The third-order valence-corrected chi connectivity index (χ3v) is 5.23. The Morgan fingerprint density at radius 1 is 1.31 bits per heavy atom. The molecular formula is C23H21F5N4O3. The van der Waals surface area contributed by atoms with Gasteiger partial charge in [0, 0.05) is 25.3 Å². The summed E-state index contributed by atoms with van der Waals surface area (Å²) in [7, 11) is 0. The van der Waals surface area contributed by atoms with Gasteiger partial charge in [-0.3, -0.25) is 4.79 Å². The second kappa shape index (κ2) is 10.2. The highest BCUT2D eigenvalue weighted by atomic mass is 19.3. The first-order valence-electron chi connectivity index (χ1n) is 10.3. The van der Waals surface area contributed by atoms with E-state index in [0.717, 1.165) is 18.3 Å². The summed E-state index contributed by atoms with van der Waals surface area (Å²) in [5.74, 6) is -1.57. The van der Waals surface area contributed by atoms with Gasteiger partial charge < -0.3 is 15.2 Å². The summed E-state index contributed by atoms with van der Waals surface area (Å²) >= 11 is 0. The van der Waals surface area contributed by atoms with E-state index in [1.54, 1.807) is 6.92 Å². The maximum Gasteiger partial charge on any atom is 0.283 e. The lowest BCUT2D eigenvalue weighted by molar-refractivity contribution is -0.106. The predicted molar refractivity (Wildman–Crippen MR) is 115 cm³/mol. The van der Waals surface area contributed by atoms with E-state index >= 15 is 0 Å². The topological polar surface area (TPSA) is 99.7 Å². The van der Waals surface area contributed by atoms with E-state index in [1.165, 1.54) is 6.20 Å². The summed E-state index contributed by atoms with van der Waals surface area (Å²) < 4.78 is 81.3. The van der Waals surface area contributed by atoms with Gasteiger partial charge in [0.25, 0.3) is 11.9 Å². The monoisotopic (exact) mass is 496 g/mol. The smallest absolute Gasteiger partial charge is 0.283 e. The minimum Gasteiger partial charge on any atom is -0.463 e. The molecule has 0 bridgehead atoms. The Kier molecular flexibility index (Phi) is 7.57. The van der Waals surface area contributed by atoms with Crippen molar-refractivity contribution >= 4 is 11.8 Å². The van der Waals surface area contributed by atoms with E-state index < -0.39 is 66.1 Å². The van der Waals surface area contributed by atoms with Gasteiger partial charge >= 0.3 is 0 Å². The van der Waals surface area contributed by atoms with Gasteiger partial charge in [0.05, 0.1) is 12.4 Å². The van der Waals surface area contributed by atoms with Crippen LogP contribution in [0.1, 0.15) is 41.9 Å². The molecule has 7 nitrogen and oxygen atoms in total. The van der Waals surface area contributed by atoms with E-state index in [1.807, 2.05) is 0 Å². The molecular weight excluding hydrogens is 475 g/mol. The van der Waals surface area contributed by atoms with Crippen LogP contribution in [0.2, 0.25) is 0 Å². The molecule has 2 atom stereocenters. The van der Waals surface area contributed by atoms with Gasteiger partial charge in [-0.25, -0.2) is 36.9 Å². The van der Waals surface area contributed by atoms with Gasteiger partial charge in [-0.05, 0) is 24.6 Å². The maximum absolute atomic E-state index is 14.8. The van der Waals surface area contributed by atoms with Gasteiger partial charge in [-0.2, -0.15) is 0 Å². The number of hydrogen-bond acceptors (Lipinski definition) is 7. The first-order valence-corrected chi connectivity index (χ1v) is 10.3. The molecule has 0 amide bonds. The molecule has 0 aliphatic carbocycles. The summed E-state index contributed by atoms with van der Waals surface area (Å²) in [6.07, 6.45) is -0.868. The van der Waals surface area contributed by atoms with E-state index in [2.05, 4.69) is 26.8 Å². The molecule has 0 saturated carbocycles. The summed E-state index contributed by atoms with van der Waals surface area (Å²) in [5.41, 5.74) is 2.39. The first kappa shape index (κ1) is 25.9. The molecule has 0 unspecified atom stereocenters. The molecule has 1 aliphatic heterocycles. The molecule has 3 rings (SSSR count). The molecule has 0 saturated heterocycles. The normalized spacial score (nSPS) is 19.7. The van der Waals surface area contributed by atoms with Crippen LogP contribution >= 0.6 is 0 Å². The molecule has 0 radical (unpaired) electrons. The van der Waals surface area contributed by atoms with Crippen molar-refractivity contribution in [3.8, 4) is 17.7 Å². The molecule has 35 heavy (non-hydrogen) atoms. The highest BCUT2D eigenvalue weighted by Gasteiger charge is 2.49. The SMILES string of the molecule is CC#CCOc1cnc(C(=O)Cc2cc(F)c(F)c([C@]3(CF)C[C@@H](C(C)(F)F)OC(N)=N3)c2)cn1. The number of carbonyl (C=O) groups is 1. The third kappa shape index (κ3) is 5.85. The standard InChI is InChI=1S/C23H21F5N4O3/c1-3-4-5-34-19-11-30-16(10-31-19)17(33)8-13-6-14(20(26)15(25)7-13)23(12-24)9-18(22(2,27)28)35-21(29)32-23/h6-7,10-11,18H,5,8-9,12H2,1-2H3,(H2,29,32)/t18-,23+/m0/s1. The highest BCUT2D eigenvalue weighted by molar-refractivity contribution is 5.95. The van der Waals surface area contributed by atoms with Crippen LogP contribution in [-0.2, 0) is 16.7 Å². The lowest BCUT2D eigenvalue weighted by Crippen LogP contribution is -2.48. The molecule has 1 aromatic carbocycles. The number of aromatic nitrogens is 2. The van der Waals surface area contributed by atoms with Gasteiger partial charge in [-0.1, -0.05) is 5.92 Å². The number of carbonyl (C=O) groups excluding carboxylic acids is 1.